The predicted octanol–water partition coefficient (Wildman–Crippen LogP) is 2.19. The standard InChI is InChI=1S/C19H22ClFN4O3/c1-2-28-19(27)14-9-25(11-3-4-11)17-13(16(14)26)6-15(21)18(23-17)24-8-10(20)5-12(24)7-22/h6,9-12H,2-5,7-8,22H2,1H3. The molecule has 1 saturated heterocycles. The molecule has 28 heavy (non-hydrogen) atoms. The van der Waals surface area contributed by atoms with Crippen LogP contribution in [-0.4, -0.2) is 46.6 Å². The summed E-state index contributed by atoms with van der Waals surface area (Å²) in [4.78, 5) is 31.3. The first-order valence-corrected chi connectivity index (χ1v) is 9.91. The lowest BCUT2D eigenvalue weighted by atomic mass is 10.1. The van der Waals surface area contributed by atoms with Gasteiger partial charge in [-0.2, -0.15) is 0 Å². The third-order valence-electron chi connectivity index (χ3n) is 5.28. The van der Waals surface area contributed by atoms with Gasteiger partial charge in [0.25, 0.3) is 0 Å². The van der Waals surface area contributed by atoms with Crippen LogP contribution in [0.3, 0.4) is 0 Å². The molecule has 2 fully saturated rings. The summed E-state index contributed by atoms with van der Waals surface area (Å²) in [6.45, 7) is 2.59. The molecular weight excluding hydrogens is 387 g/mol. The third kappa shape index (κ3) is 3.24. The molecule has 0 bridgehead atoms. The summed E-state index contributed by atoms with van der Waals surface area (Å²) in [5, 5.41) is -0.0631. The highest BCUT2D eigenvalue weighted by molar-refractivity contribution is 6.21. The van der Waals surface area contributed by atoms with Gasteiger partial charge in [-0.05, 0) is 32.3 Å². The molecule has 0 aromatic carbocycles. The van der Waals surface area contributed by atoms with Crippen LogP contribution in [0.15, 0.2) is 17.1 Å². The number of nitrogens with two attached hydrogens (primary N) is 1. The van der Waals surface area contributed by atoms with E-state index in [0.29, 0.717) is 25.2 Å². The number of ether oxygens (including phenoxy) is 1. The second-order valence-corrected chi connectivity index (χ2v) is 7.89. The molecule has 1 aliphatic carbocycles. The van der Waals surface area contributed by atoms with Crippen LogP contribution in [0.2, 0.25) is 0 Å². The van der Waals surface area contributed by atoms with Crippen LogP contribution in [0.4, 0.5) is 10.2 Å². The zero-order chi connectivity index (χ0) is 20.0. The van der Waals surface area contributed by atoms with Crippen molar-refractivity contribution in [2.45, 2.75) is 43.6 Å². The Morgan fingerprint density at radius 3 is 2.86 bits per heavy atom. The van der Waals surface area contributed by atoms with E-state index in [4.69, 9.17) is 22.1 Å². The van der Waals surface area contributed by atoms with E-state index in [1.807, 2.05) is 0 Å². The molecule has 1 saturated carbocycles. The molecule has 1 aliphatic heterocycles. The summed E-state index contributed by atoms with van der Waals surface area (Å²) >= 11 is 6.25. The molecule has 2 atom stereocenters. The lowest BCUT2D eigenvalue weighted by molar-refractivity contribution is 0.0524. The highest BCUT2D eigenvalue weighted by Gasteiger charge is 2.34. The highest BCUT2D eigenvalue weighted by Crippen LogP contribution is 2.38. The van der Waals surface area contributed by atoms with Crippen LogP contribution in [-0.2, 0) is 4.74 Å². The molecule has 2 aromatic heterocycles. The number of alkyl halides is 1. The van der Waals surface area contributed by atoms with E-state index in [9.17, 15) is 14.0 Å². The molecule has 2 unspecified atom stereocenters. The Labute approximate surface area is 166 Å². The van der Waals surface area contributed by atoms with E-state index in [0.717, 1.165) is 18.9 Å². The van der Waals surface area contributed by atoms with Crippen molar-refractivity contribution in [2.75, 3.05) is 24.6 Å². The summed E-state index contributed by atoms with van der Waals surface area (Å²) in [7, 11) is 0. The van der Waals surface area contributed by atoms with Crippen molar-refractivity contribution in [3.63, 3.8) is 0 Å². The first-order chi connectivity index (χ1) is 13.4. The molecule has 9 heteroatoms. The van der Waals surface area contributed by atoms with E-state index in [-0.39, 0.29) is 40.8 Å². The normalized spacial score (nSPS) is 22.1. The molecule has 2 aliphatic rings. The van der Waals surface area contributed by atoms with Gasteiger partial charge in [0.1, 0.15) is 11.2 Å². The van der Waals surface area contributed by atoms with Crippen LogP contribution >= 0.6 is 11.6 Å². The van der Waals surface area contributed by atoms with Crippen molar-refractivity contribution in [3.05, 3.63) is 33.9 Å². The largest absolute Gasteiger partial charge is 0.462 e. The number of rotatable bonds is 5. The number of esters is 1. The van der Waals surface area contributed by atoms with Crippen LogP contribution in [0.25, 0.3) is 11.0 Å². The Hall–Kier alpha value is -2.19. The number of anilines is 1. The molecule has 4 rings (SSSR count). The number of fused-ring (bicyclic) bond motifs is 1. The molecule has 150 valence electrons. The summed E-state index contributed by atoms with van der Waals surface area (Å²) in [5.74, 6) is -1.19. The fourth-order valence-electron chi connectivity index (χ4n) is 3.77. The minimum atomic E-state index is -0.707. The molecular formula is C19H22ClFN4O3. The van der Waals surface area contributed by atoms with E-state index >= 15 is 0 Å². The van der Waals surface area contributed by atoms with Crippen molar-refractivity contribution in [1.82, 2.24) is 9.55 Å². The molecule has 2 N–H and O–H groups in total. The number of hydrogen-bond donors (Lipinski definition) is 1. The molecule has 2 aromatic rings. The number of halogens is 2. The smallest absolute Gasteiger partial charge is 0.343 e. The minimum absolute atomic E-state index is 0.0737. The zero-order valence-corrected chi connectivity index (χ0v) is 16.3. The summed E-state index contributed by atoms with van der Waals surface area (Å²) in [6.07, 6.45) is 3.96. The molecule has 0 radical (unpaired) electrons. The second kappa shape index (κ2) is 7.33. The Kier molecular flexibility index (Phi) is 5.01. The maximum atomic E-state index is 15.0. The Balaban J connectivity index is 1.90. The van der Waals surface area contributed by atoms with Crippen LogP contribution in [0.1, 0.15) is 42.6 Å². The SMILES string of the molecule is CCOC(=O)c1cn(C2CC2)c2nc(N3CC(Cl)CC3CN)c(F)cc2c1=O. The Bertz CT molecular complexity index is 991. The van der Waals surface area contributed by atoms with Gasteiger partial charge in [-0.1, -0.05) is 0 Å². The van der Waals surface area contributed by atoms with Crippen LogP contribution in [0, 0.1) is 5.82 Å². The average Bonchev–Trinajstić information content (AvgIpc) is 3.44. The molecule has 3 heterocycles. The fraction of sp³-hybridized carbons (Fsp3) is 0.526. The van der Waals surface area contributed by atoms with Crippen molar-refractivity contribution in [3.8, 4) is 0 Å². The predicted molar refractivity (Wildman–Crippen MR) is 105 cm³/mol. The van der Waals surface area contributed by atoms with Crippen molar-refractivity contribution < 1.29 is 13.9 Å². The molecule has 7 nitrogen and oxygen atoms in total. The highest BCUT2D eigenvalue weighted by atomic mass is 35.5. The average molecular weight is 409 g/mol. The summed E-state index contributed by atoms with van der Waals surface area (Å²) in [6, 6.07) is 1.19. The lowest BCUT2D eigenvalue weighted by Gasteiger charge is -2.25. The third-order valence-corrected chi connectivity index (χ3v) is 5.60. The number of pyridine rings is 2. The van der Waals surface area contributed by atoms with Crippen molar-refractivity contribution >= 4 is 34.4 Å². The van der Waals surface area contributed by atoms with Gasteiger partial charge in [0.15, 0.2) is 11.6 Å². The topological polar surface area (TPSA) is 90.5 Å². The van der Waals surface area contributed by atoms with Crippen molar-refractivity contribution in [1.29, 1.82) is 0 Å². The minimum Gasteiger partial charge on any atom is -0.462 e. The lowest BCUT2D eigenvalue weighted by Crippen LogP contribution is -2.36. The number of hydrogen-bond acceptors (Lipinski definition) is 6. The van der Waals surface area contributed by atoms with E-state index in [1.54, 1.807) is 16.4 Å². The first-order valence-electron chi connectivity index (χ1n) is 9.47. The van der Waals surface area contributed by atoms with Gasteiger partial charge in [-0.15, -0.1) is 11.6 Å². The summed E-state index contributed by atoms with van der Waals surface area (Å²) < 4.78 is 21.7. The van der Waals surface area contributed by atoms with Gasteiger partial charge >= 0.3 is 5.97 Å². The second-order valence-electron chi connectivity index (χ2n) is 7.27. The van der Waals surface area contributed by atoms with Gasteiger partial charge in [0.2, 0.25) is 5.43 Å². The number of nitrogens with zero attached hydrogens (tertiary/aromatic N) is 3. The monoisotopic (exact) mass is 408 g/mol. The maximum absolute atomic E-state index is 15.0. The number of aromatic nitrogens is 2. The van der Waals surface area contributed by atoms with Gasteiger partial charge in [-0.3, -0.25) is 4.79 Å². The summed E-state index contributed by atoms with van der Waals surface area (Å²) in [5.41, 5.74) is 5.52. The van der Waals surface area contributed by atoms with Gasteiger partial charge in [0, 0.05) is 31.4 Å². The van der Waals surface area contributed by atoms with E-state index in [2.05, 4.69) is 4.98 Å². The van der Waals surface area contributed by atoms with Crippen molar-refractivity contribution in [2.24, 2.45) is 5.73 Å². The van der Waals surface area contributed by atoms with E-state index in [1.165, 1.54) is 6.20 Å². The van der Waals surface area contributed by atoms with Crippen LogP contribution in [0.5, 0.6) is 0 Å². The quantitative estimate of drug-likeness (QED) is 0.602. The maximum Gasteiger partial charge on any atom is 0.343 e. The Morgan fingerprint density at radius 1 is 1.46 bits per heavy atom. The Morgan fingerprint density at radius 2 is 2.21 bits per heavy atom. The number of carbonyl (C=O) groups is 1. The van der Waals surface area contributed by atoms with Crippen LogP contribution < -0.4 is 16.1 Å². The van der Waals surface area contributed by atoms with Gasteiger partial charge in [0.05, 0.1) is 17.4 Å². The van der Waals surface area contributed by atoms with Gasteiger partial charge < -0.3 is 19.9 Å². The molecule has 0 spiro atoms. The fourth-order valence-corrected chi connectivity index (χ4v) is 4.12. The first kappa shape index (κ1) is 19.1. The number of carbonyl (C=O) groups excluding carboxylic acids is 1. The zero-order valence-electron chi connectivity index (χ0n) is 15.5. The van der Waals surface area contributed by atoms with Gasteiger partial charge in [-0.25, -0.2) is 14.2 Å². The van der Waals surface area contributed by atoms with E-state index < -0.39 is 17.2 Å². The molecule has 0 amide bonds.